The van der Waals surface area contributed by atoms with Crippen LogP contribution in [0.5, 0.6) is 11.5 Å². The topological polar surface area (TPSA) is 158 Å². The fourth-order valence-corrected chi connectivity index (χ4v) is 2.62. The number of esters is 1. The Morgan fingerprint density at radius 1 is 1.10 bits per heavy atom. The first-order valence-corrected chi connectivity index (χ1v) is 9.42. The third-order valence-electron chi connectivity index (χ3n) is 3.57. The van der Waals surface area contributed by atoms with E-state index < -0.39 is 49.1 Å². The van der Waals surface area contributed by atoms with Crippen LogP contribution < -0.4 is 78.8 Å². The minimum Gasteiger partial charge on any atom is -0.811 e. The minimum atomic E-state index is -4.90. The van der Waals surface area contributed by atoms with Gasteiger partial charge in [-0.3, -0.25) is 9.59 Å². The van der Waals surface area contributed by atoms with E-state index in [1.54, 1.807) is 24.3 Å². The normalized spacial score (nSPS) is 10.3. The van der Waals surface area contributed by atoms with E-state index in [1.807, 2.05) is 6.92 Å². The molecule has 2 aromatic rings. The Bertz CT molecular complexity index is 943. The van der Waals surface area contributed by atoms with Crippen LogP contribution in [-0.4, -0.2) is 23.0 Å². The van der Waals surface area contributed by atoms with Gasteiger partial charge in [0.05, 0.1) is 6.42 Å². The molecule has 2 N–H and O–H groups in total. The third-order valence-corrected chi connectivity index (χ3v) is 4.35. The van der Waals surface area contributed by atoms with Crippen LogP contribution in [0.25, 0.3) is 0 Å². The van der Waals surface area contributed by atoms with Crippen molar-refractivity contribution in [1.82, 2.24) is 0 Å². The van der Waals surface area contributed by atoms with Crippen molar-refractivity contribution >= 4 is 25.0 Å². The van der Waals surface area contributed by atoms with Crippen LogP contribution in [0.1, 0.15) is 27.9 Å². The first-order valence-electron chi connectivity index (χ1n) is 7.69. The third kappa shape index (κ3) is 8.41. The predicted octanol–water partition coefficient (Wildman–Crippen LogP) is -6.37. The number of hydrogen-bond acceptors (Lipinski definition) is 8. The molecule has 0 unspecified atom stereocenters. The molecule has 0 saturated heterocycles. The number of carbonyl (C=O) groups excluding carboxylic acids is 2. The van der Waals surface area contributed by atoms with E-state index in [4.69, 9.17) is 4.74 Å². The Morgan fingerprint density at radius 2 is 1.69 bits per heavy atom. The largest absolute Gasteiger partial charge is 1.00 e. The summed E-state index contributed by atoms with van der Waals surface area (Å²) in [7, 11) is -4.90. The molecule has 0 bridgehead atoms. The first kappa shape index (κ1) is 28.1. The number of phenolic OH excluding ortho intramolecular Hbond substituents is 1. The van der Waals surface area contributed by atoms with Crippen molar-refractivity contribution < 1.29 is 98.1 Å². The molecule has 0 spiro atoms. The van der Waals surface area contributed by atoms with Crippen molar-refractivity contribution in [2.45, 2.75) is 13.3 Å². The minimum absolute atomic E-state index is 0. The Balaban J connectivity index is 0.00000392. The summed E-state index contributed by atoms with van der Waals surface area (Å²) >= 11 is 0. The Kier molecular flexibility index (Phi) is 11.7. The number of ketones is 1. The van der Waals surface area contributed by atoms with Gasteiger partial charge in [0.1, 0.15) is 0 Å². The van der Waals surface area contributed by atoms with E-state index in [-0.39, 0.29) is 64.7 Å². The molecule has 0 saturated carbocycles. The molecule has 0 atom stereocenters. The molecular weight excluding hydrogens is 423 g/mol. The molecule has 0 aliphatic rings. The second-order valence-corrected chi connectivity index (χ2v) is 7.40. The predicted molar refractivity (Wildman–Crippen MR) is 89.4 cm³/mol. The molecule has 12 heteroatoms. The number of nitroso groups, excluding NO2 is 1. The Labute approximate surface area is 210 Å². The van der Waals surface area contributed by atoms with E-state index >= 15 is 0 Å². The van der Waals surface area contributed by atoms with Gasteiger partial charge in [0, 0.05) is 27.3 Å². The summed E-state index contributed by atoms with van der Waals surface area (Å²) in [5.74, 6) is -2.85. The summed E-state index contributed by atoms with van der Waals surface area (Å²) in [4.78, 5) is 56.5. The molecule has 0 aromatic heterocycles. The van der Waals surface area contributed by atoms with Crippen LogP contribution in [0.4, 0.5) is 5.69 Å². The van der Waals surface area contributed by atoms with Gasteiger partial charge in [-0.25, -0.2) is 0 Å². The fourth-order valence-electron chi connectivity index (χ4n) is 2.17. The number of rotatable bonds is 7. The molecule has 0 aliphatic heterocycles. The summed E-state index contributed by atoms with van der Waals surface area (Å²) in [5, 5.41) is 11.4. The van der Waals surface area contributed by atoms with Crippen molar-refractivity contribution in [3.05, 3.63) is 58.0 Å². The maximum atomic E-state index is 12.6. The van der Waals surface area contributed by atoms with E-state index in [0.29, 0.717) is 5.56 Å². The van der Waals surface area contributed by atoms with Gasteiger partial charge in [0.25, 0.3) is 5.69 Å². The first-order chi connectivity index (χ1) is 12.6. The number of aryl methyl sites for hydroxylation is 1. The number of phenols is 1. The van der Waals surface area contributed by atoms with Crippen molar-refractivity contribution in [1.29, 1.82) is 0 Å². The van der Waals surface area contributed by atoms with Crippen LogP contribution in [0, 0.1) is 11.8 Å². The van der Waals surface area contributed by atoms with Crippen molar-refractivity contribution in [3.63, 3.8) is 0 Å². The summed E-state index contributed by atoms with van der Waals surface area (Å²) < 4.78 is 15.4. The molecular formula is C17H15NNa2O8P+. The molecule has 0 aliphatic carbocycles. The standard InChI is InChI=1S/C17H16NO8P.2Na/c1-10-2-4-11(5-3-10)16(20)12-8-13(18-22)17(21)14(9-12)26-15(19)6-7-27(23,24)25;;/h2-5,8-9,21H,6-7H2,1H3,(H2,23,24,25);;/q;2*+1/p-1. The van der Waals surface area contributed by atoms with E-state index in [1.165, 1.54) is 5.18 Å². The van der Waals surface area contributed by atoms with Gasteiger partial charge in [-0.05, 0) is 19.2 Å². The van der Waals surface area contributed by atoms with Crippen LogP contribution in [0.2, 0.25) is 0 Å². The smallest absolute Gasteiger partial charge is 0.811 e. The van der Waals surface area contributed by atoms with Crippen molar-refractivity contribution in [2.75, 3.05) is 6.16 Å². The van der Waals surface area contributed by atoms with Gasteiger partial charge in [0.15, 0.2) is 11.5 Å². The van der Waals surface area contributed by atoms with E-state index in [9.17, 15) is 34.0 Å². The average molecular weight is 438 g/mol. The maximum Gasteiger partial charge on any atom is 1.00 e. The second kappa shape index (κ2) is 12.1. The van der Waals surface area contributed by atoms with Gasteiger partial charge in [-0.1, -0.05) is 37.4 Å². The Morgan fingerprint density at radius 3 is 2.21 bits per heavy atom. The number of hydrogen-bond donors (Lipinski definition) is 2. The zero-order chi connectivity index (χ0) is 20.2. The molecule has 29 heavy (non-hydrogen) atoms. The maximum absolute atomic E-state index is 12.6. The van der Waals surface area contributed by atoms with Crippen LogP contribution in [-0.2, 0) is 9.36 Å². The molecule has 142 valence electrons. The fraction of sp³-hybridized carbons (Fsp3) is 0.176. The average Bonchev–Trinajstić information content (AvgIpc) is 2.61. The second-order valence-electron chi connectivity index (χ2n) is 5.73. The Hall–Kier alpha value is -0.870. The summed E-state index contributed by atoms with van der Waals surface area (Å²) in [6, 6.07) is 8.70. The van der Waals surface area contributed by atoms with Crippen LogP contribution >= 0.6 is 7.60 Å². The summed E-state index contributed by atoms with van der Waals surface area (Å²) in [6.07, 6.45) is -1.69. The SMILES string of the molecule is Cc1ccc(C(=O)c2cc([NH+]=O)c(O)c(OC(=O)CCP(=O)([O-])[O-])c2)cc1.[Na+].[Na+]. The molecule has 0 amide bonds. The van der Waals surface area contributed by atoms with Crippen molar-refractivity contribution in [3.8, 4) is 11.5 Å². The monoisotopic (exact) mass is 438 g/mol. The number of benzene rings is 2. The van der Waals surface area contributed by atoms with Crippen LogP contribution in [0.15, 0.2) is 36.4 Å². The van der Waals surface area contributed by atoms with Crippen LogP contribution in [0.3, 0.4) is 0 Å². The number of carbonyl (C=O) groups is 2. The van der Waals surface area contributed by atoms with E-state index in [0.717, 1.165) is 17.7 Å². The van der Waals surface area contributed by atoms with Gasteiger partial charge in [-0.15, -0.1) is 0 Å². The summed E-state index contributed by atoms with van der Waals surface area (Å²) in [6.45, 7) is 1.84. The molecule has 9 nitrogen and oxygen atoms in total. The van der Waals surface area contributed by atoms with Gasteiger partial charge in [0.2, 0.25) is 5.75 Å². The van der Waals surface area contributed by atoms with Gasteiger partial charge in [-0.2, -0.15) is 0 Å². The number of ether oxygens (including phenoxy) is 1. The van der Waals surface area contributed by atoms with Gasteiger partial charge >= 0.3 is 65.1 Å². The number of nitrogens with one attached hydrogen (secondary N) is 1. The molecule has 0 fully saturated rings. The quantitative estimate of drug-likeness (QED) is 0.108. The molecule has 0 radical (unpaired) electrons. The zero-order valence-corrected chi connectivity index (χ0v) is 21.0. The van der Waals surface area contributed by atoms with Gasteiger partial charge < -0.3 is 24.2 Å². The number of aromatic hydroxyl groups is 1. The summed E-state index contributed by atoms with van der Waals surface area (Å²) in [5.41, 5.74) is 0.784. The molecule has 2 rings (SSSR count). The van der Waals surface area contributed by atoms with Crippen molar-refractivity contribution in [2.24, 2.45) is 0 Å². The molecule has 2 aromatic carbocycles. The zero-order valence-electron chi connectivity index (χ0n) is 16.1. The molecule has 0 heterocycles. The van der Waals surface area contributed by atoms with E-state index in [2.05, 4.69) is 0 Å².